The molecule has 2 aromatic rings. The van der Waals surface area contributed by atoms with E-state index in [1.54, 1.807) is 0 Å². The molecule has 0 radical (unpaired) electrons. The molecule has 2 heteroatoms. The smallest absolute Gasteiger partial charge is 0.240 e. The Hall–Kier alpha value is -1.64. The lowest BCUT2D eigenvalue weighted by atomic mass is 10.4. The summed E-state index contributed by atoms with van der Waals surface area (Å²) in [6, 6.07) is 21.0. The summed E-state index contributed by atoms with van der Waals surface area (Å²) >= 11 is 0. The summed E-state index contributed by atoms with van der Waals surface area (Å²) < 4.78 is 6.19. The van der Waals surface area contributed by atoms with Crippen molar-refractivity contribution in [3.63, 3.8) is 0 Å². The van der Waals surface area contributed by atoms with E-state index in [1.165, 1.54) is 10.4 Å². The van der Waals surface area contributed by atoms with Gasteiger partial charge >= 0.3 is 0 Å². The zero-order chi connectivity index (χ0) is 12.8. The average molecular weight is 254 g/mol. The highest BCUT2D eigenvalue weighted by Gasteiger charge is 2.18. The molecule has 0 heterocycles. The molecule has 1 atom stereocenters. The quantitative estimate of drug-likeness (QED) is 0.586. The molecule has 2 aromatic carbocycles. The number of rotatable bonds is 5. The molecule has 0 spiro atoms. The lowest BCUT2D eigenvalue weighted by molar-refractivity contribution is 0.283. The zero-order valence-electron chi connectivity index (χ0n) is 10.6. The van der Waals surface area contributed by atoms with Gasteiger partial charge in [0.1, 0.15) is 0 Å². The summed E-state index contributed by atoms with van der Waals surface area (Å²) in [7, 11) is -1.60. The molecule has 0 N–H and O–H groups in total. The highest BCUT2D eigenvalue weighted by atomic mass is 28.3. The largest absolute Gasteiger partial charge is 0.405 e. The van der Waals surface area contributed by atoms with Gasteiger partial charge in [-0.2, -0.15) is 0 Å². The molecular weight excluding hydrogens is 236 g/mol. The van der Waals surface area contributed by atoms with Crippen molar-refractivity contribution < 1.29 is 4.43 Å². The molecule has 0 aliphatic heterocycles. The Labute approximate surface area is 110 Å². The summed E-state index contributed by atoms with van der Waals surface area (Å²) in [6.45, 7) is 5.84. The van der Waals surface area contributed by atoms with Gasteiger partial charge in [0.25, 0.3) is 0 Å². The second-order valence-corrected chi connectivity index (χ2v) is 6.64. The monoisotopic (exact) mass is 254 g/mol. The molecule has 0 aromatic heterocycles. The van der Waals surface area contributed by atoms with E-state index in [9.17, 15) is 0 Å². The second kappa shape index (κ2) is 6.33. The predicted octanol–water partition coefficient (Wildman–Crippen LogP) is 2.12. The number of benzene rings is 2. The minimum Gasteiger partial charge on any atom is -0.405 e. The Kier molecular flexibility index (Phi) is 4.50. The Morgan fingerprint density at radius 1 is 0.944 bits per heavy atom. The van der Waals surface area contributed by atoms with Crippen LogP contribution in [0.4, 0.5) is 0 Å². The molecule has 0 aliphatic rings. The van der Waals surface area contributed by atoms with Gasteiger partial charge in [-0.3, -0.25) is 0 Å². The number of hydrogen-bond donors (Lipinski definition) is 0. The third-order valence-electron chi connectivity index (χ3n) is 2.89. The van der Waals surface area contributed by atoms with Crippen LogP contribution in [0.5, 0.6) is 0 Å². The minimum absolute atomic E-state index is 0.0853. The van der Waals surface area contributed by atoms with Gasteiger partial charge in [0.05, 0.1) is 6.10 Å². The first-order valence-corrected chi connectivity index (χ1v) is 7.82. The SMILES string of the molecule is C=CC(C)O[SiH](c1ccccc1)c1ccccc1. The maximum Gasteiger partial charge on any atom is 0.240 e. The van der Waals surface area contributed by atoms with Crippen molar-refractivity contribution in [1.29, 1.82) is 0 Å². The van der Waals surface area contributed by atoms with Crippen LogP contribution >= 0.6 is 0 Å². The summed E-state index contributed by atoms with van der Waals surface area (Å²) in [5, 5.41) is 2.61. The maximum atomic E-state index is 6.19. The van der Waals surface area contributed by atoms with E-state index in [4.69, 9.17) is 4.43 Å². The Morgan fingerprint density at radius 2 is 1.39 bits per heavy atom. The lowest BCUT2D eigenvalue weighted by Crippen LogP contribution is -2.46. The lowest BCUT2D eigenvalue weighted by Gasteiger charge is -2.20. The first kappa shape index (κ1) is 12.8. The van der Waals surface area contributed by atoms with Gasteiger partial charge in [0, 0.05) is 0 Å². The summed E-state index contributed by atoms with van der Waals surface area (Å²) in [6.07, 6.45) is 1.94. The summed E-state index contributed by atoms with van der Waals surface area (Å²) in [4.78, 5) is 0. The molecule has 0 bridgehead atoms. The van der Waals surface area contributed by atoms with Gasteiger partial charge in [-0.1, -0.05) is 66.7 Å². The van der Waals surface area contributed by atoms with E-state index >= 15 is 0 Å². The normalized spacial score (nSPS) is 12.3. The van der Waals surface area contributed by atoms with Gasteiger partial charge < -0.3 is 4.43 Å². The molecule has 0 aliphatic carbocycles. The van der Waals surface area contributed by atoms with E-state index in [0.29, 0.717) is 0 Å². The molecule has 2 rings (SSSR count). The zero-order valence-corrected chi connectivity index (χ0v) is 11.8. The molecule has 1 nitrogen and oxygen atoms in total. The van der Waals surface area contributed by atoms with Crippen molar-refractivity contribution in [1.82, 2.24) is 0 Å². The molecule has 0 fully saturated rings. The van der Waals surface area contributed by atoms with Crippen LogP contribution in [0.3, 0.4) is 0 Å². The number of hydrogen-bond acceptors (Lipinski definition) is 1. The molecule has 0 amide bonds. The van der Waals surface area contributed by atoms with E-state index < -0.39 is 9.04 Å². The standard InChI is InChI=1S/C16H18OSi/c1-3-14(2)17-18(15-10-6-4-7-11-15)16-12-8-5-9-13-16/h3-14,18H,1H2,2H3. The van der Waals surface area contributed by atoms with Crippen molar-refractivity contribution in [2.45, 2.75) is 13.0 Å². The van der Waals surface area contributed by atoms with Crippen LogP contribution in [-0.4, -0.2) is 15.1 Å². The van der Waals surface area contributed by atoms with E-state index in [1.807, 2.05) is 25.1 Å². The van der Waals surface area contributed by atoms with Crippen molar-refractivity contribution >= 4 is 19.4 Å². The van der Waals surface area contributed by atoms with E-state index in [0.717, 1.165) is 0 Å². The van der Waals surface area contributed by atoms with Gasteiger partial charge in [0.2, 0.25) is 9.04 Å². The van der Waals surface area contributed by atoms with Crippen LogP contribution in [-0.2, 0) is 4.43 Å². The van der Waals surface area contributed by atoms with Crippen LogP contribution in [0.25, 0.3) is 0 Å². The fraction of sp³-hybridized carbons (Fsp3) is 0.125. The van der Waals surface area contributed by atoms with Crippen LogP contribution in [0.15, 0.2) is 73.3 Å². The predicted molar refractivity (Wildman–Crippen MR) is 80.0 cm³/mol. The van der Waals surface area contributed by atoms with Gasteiger partial charge in [-0.25, -0.2) is 0 Å². The molecule has 0 saturated heterocycles. The average Bonchev–Trinajstić information content (AvgIpc) is 2.46. The Morgan fingerprint density at radius 3 is 1.78 bits per heavy atom. The van der Waals surface area contributed by atoms with Crippen molar-refractivity contribution in [2.75, 3.05) is 0 Å². The summed E-state index contributed by atoms with van der Waals surface area (Å²) in [5.41, 5.74) is 0. The maximum absolute atomic E-state index is 6.19. The van der Waals surface area contributed by atoms with Crippen LogP contribution < -0.4 is 10.4 Å². The van der Waals surface area contributed by atoms with Crippen molar-refractivity contribution in [3.05, 3.63) is 73.3 Å². The van der Waals surface area contributed by atoms with Gasteiger partial charge in [-0.15, -0.1) is 6.58 Å². The second-order valence-electron chi connectivity index (χ2n) is 4.28. The van der Waals surface area contributed by atoms with Gasteiger partial charge in [-0.05, 0) is 17.3 Å². The Balaban J connectivity index is 2.32. The topological polar surface area (TPSA) is 9.23 Å². The van der Waals surface area contributed by atoms with Crippen molar-refractivity contribution in [3.8, 4) is 0 Å². The van der Waals surface area contributed by atoms with Crippen LogP contribution in [0, 0.1) is 0 Å². The molecule has 1 unspecified atom stereocenters. The molecule has 92 valence electrons. The fourth-order valence-corrected chi connectivity index (χ4v) is 4.26. The fourth-order valence-electron chi connectivity index (χ4n) is 1.88. The first-order valence-electron chi connectivity index (χ1n) is 6.19. The minimum atomic E-state index is -1.60. The molecular formula is C16H18OSi. The first-order chi connectivity index (χ1) is 8.81. The van der Waals surface area contributed by atoms with Crippen molar-refractivity contribution in [2.24, 2.45) is 0 Å². The molecule has 18 heavy (non-hydrogen) atoms. The highest BCUT2D eigenvalue weighted by Crippen LogP contribution is 1.99. The van der Waals surface area contributed by atoms with E-state index in [2.05, 4.69) is 55.1 Å². The highest BCUT2D eigenvalue weighted by molar-refractivity contribution is 6.80. The van der Waals surface area contributed by atoms with Crippen LogP contribution in [0.2, 0.25) is 0 Å². The Bertz CT molecular complexity index is 441. The third kappa shape index (κ3) is 3.19. The van der Waals surface area contributed by atoms with Gasteiger partial charge in [0.15, 0.2) is 0 Å². The summed E-state index contributed by atoms with van der Waals surface area (Å²) in [5.74, 6) is 0. The molecule has 0 saturated carbocycles. The van der Waals surface area contributed by atoms with Crippen LogP contribution in [0.1, 0.15) is 6.92 Å². The third-order valence-corrected chi connectivity index (χ3v) is 5.57. The van der Waals surface area contributed by atoms with E-state index in [-0.39, 0.29) is 6.10 Å².